The lowest BCUT2D eigenvalue weighted by atomic mass is 10.1. The maximum absolute atomic E-state index is 13.0. The predicted octanol–water partition coefficient (Wildman–Crippen LogP) is 1.99. The molecule has 0 bridgehead atoms. The van der Waals surface area contributed by atoms with Gasteiger partial charge in [0, 0.05) is 31.9 Å². The van der Waals surface area contributed by atoms with Crippen molar-refractivity contribution in [3.05, 3.63) is 53.1 Å². The van der Waals surface area contributed by atoms with E-state index in [0.717, 1.165) is 5.56 Å². The zero-order chi connectivity index (χ0) is 20.8. The second kappa shape index (κ2) is 7.35. The Morgan fingerprint density at radius 3 is 2.34 bits per heavy atom. The second-order valence-electron chi connectivity index (χ2n) is 7.80. The van der Waals surface area contributed by atoms with Crippen molar-refractivity contribution in [1.82, 2.24) is 9.62 Å². The Balaban J connectivity index is 1.47. The zero-order valence-electron chi connectivity index (χ0n) is 16.9. The first-order valence-electron chi connectivity index (χ1n) is 9.75. The first-order valence-corrected chi connectivity index (χ1v) is 11.2. The third-order valence-corrected chi connectivity index (χ3v) is 7.02. The molecule has 154 valence electrons. The Labute approximate surface area is 171 Å². The Hall–Kier alpha value is -2.58. The number of carbonyl (C=O) groups is 1. The summed E-state index contributed by atoms with van der Waals surface area (Å²) in [5, 5.41) is 3.05. The molecule has 2 N–H and O–H groups in total. The van der Waals surface area contributed by atoms with Crippen LogP contribution in [-0.4, -0.2) is 51.6 Å². The summed E-state index contributed by atoms with van der Waals surface area (Å²) in [7, 11) is -3.73. The van der Waals surface area contributed by atoms with Gasteiger partial charge in [0.25, 0.3) is 5.91 Å². The first-order chi connectivity index (χ1) is 13.7. The fourth-order valence-corrected chi connectivity index (χ4v) is 5.17. The van der Waals surface area contributed by atoms with Gasteiger partial charge in [-0.1, -0.05) is 18.2 Å². The van der Waals surface area contributed by atoms with Gasteiger partial charge in [0.1, 0.15) is 4.90 Å². The van der Waals surface area contributed by atoms with Crippen LogP contribution < -0.4 is 14.9 Å². The molecule has 1 amide bonds. The number of aryl methyl sites for hydroxylation is 3. The van der Waals surface area contributed by atoms with Crippen LogP contribution >= 0.6 is 0 Å². The molecule has 0 aliphatic carbocycles. The normalized spacial score (nSPS) is 20.7. The van der Waals surface area contributed by atoms with Crippen molar-refractivity contribution in [3.63, 3.8) is 0 Å². The highest BCUT2D eigenvalue weighted by Crippen LogP contribution is 2.28. The molecular weight excluding hydrogens is 388 g/mol. The molecule has 1 saturated heterocycles. The SMILES string of the molecule is Cc1ccc2c(c1)N[C@@H](C(=O)N1CCN(c3cc(C)ccc3C)CC1)NS2(=O)=O. The fourth-order valence-electron chi connectivity index (χ4n) is 3.92. The van der Waals surface area contributed by atoms with Crippen LogP contribution in [-0.2, 0) is 14.8 Å². The molecule has 0 radical (unpaired) electrons. The molecule has 2 aromatic rings. The van der Waals surface area contributed by atoms with E-state index in [1.54, 1.807) is 23.1 Å². The van der Waals surface area contributed by atoms with Crippen molar-refractivity contribution in [1.29, 1.82) is 0 Å². The van der Waals surface area contributed by atoms with Gasteiger partial charge in [0.05, 0.1) is 5.69 Å². The van der Waals surface area contributed by atoms with Crippen LogP contribution in [0.3, 0.4) is 0 Å². The number of fused-ring (bicyclic) bond motifs is 1. The number of hydrogen-bond acceptors (Lipinski definition) is 5. The highest BCUT2D eigenvalue weighted by Gasteiger charge is 2.36. The maximum Gasteiger partial charge on any atom is 0.261 e. The van der Waals surface area contributed by atoms with Crippen molar-refractivity contribution >= 4 is 27.3 Å². The summed E-state index contributed by atoms with van der Waals surface area (Å²) in [6, 6.07) is 11.4. The topological polar surface area (TPSA) is 81.8 Å². The number of hydrogen-bond donors (Lipinski definition) is 2. The number of rotatable bonds is 2. The van der Waals surface area contributed by atoms with Crippen molar-refractivity contribution < 1.29 is 13.2 Å². The van der Waals surface area contributed by atoms with Crippen molar-refractivity contribution in [2.24, 2.45) is 0 Å². The number of amides is 1. The molecule has 29 heavy (non-hydrogen) atoms. The Bertz CT molecular complexity index is 1060. The van der Waals surface area contributed by atoms with Gasteiger partial charge < -0.3 is 15.1 Å². The molecule has 0 aromatic heterocycles. The highest BCUT2D eigenvalue weighted by molar-refractivity contribution is 7.89. The Morgan fingerprint density at radius 1 is 0.966 bits per heavy atom. The van der Waals surface area contributed by atoms with E-state index in [-0.39, 0.29) is 10.8 Å². The van der Waals surface area contributed by atoms with Gasteiger partial charge in [0.2, 0.25) is 10.0 Å². The van der Waals surface area contributed by atoms with Crippen LogP contribution in [0.4, 0.5) is 11.4 Å². The van der Waals surface area contributed by atoms with E-state index in [9.17, 15) is 13.2 Å². The molecule has 1 fully saturated rings. The molecule has 2 aromatic carbocycles. The monoisotopic (exact) mass is 414 g/mol. The van der Waals surface area contributed by atoms with E-state index in [4.69, 9.17) is 0 Å². The maximum atomic E-state index is 13.0. The van der Waals surface area contributed by atoms with Crippen LogP contribution in [0, 0.1) is 20.8 Å². The van der Waals surface area contributed by atoms with E-state index in [1.165, 1.54) is 16.8 Å². The summed E-state index contributed by atoms with van der Waals surface area (Å²) in [6.45, 7) is 8.57. The molecular formula is C21H26N4O3S. The van der Waals surface area contributed by atoms with Gasteiger partial charge in [-0.2, -0.15) is 4.72 Å². The quantitative estimate of drug-likeness (QED) is 0.786. The van der Waals surface area contributed by atoms with E-state index in [1.807, 2.05) is 6.92 Å². The molecule has 0 unspecified atom stereocenters. The predicted molar refractivity (Wildman–Crippen MR) is 114 cm³/mol. The lowest BCUT2D eigenvalue weighted by Gasteiger charge is -2.39. The second-order valence-corrected chi connectivity index (χ2v) is 9.48. The number of nitrogens with one attached hydrogen (secondary N) is 2. The smallest absolute Gasteiger partial charge is 0.261 e. The highest BCUT2D eigenvalue weighted by atomic mass is 32.2. The summed E-state index contributed by atoms with van der Waals surface area (Å²) in [6.07, 6.45) is -0.985. The van der Waals surface area contributed by atoms with Gasteiger partial charge in [-0.25, -0.2) is 8.42 Å². The number of benzene rings is 2. The molecule has 2 aliphatic heterocycles. The Morgan fingerprint density at radius 2 is 1.62 bits per heavy atom. The summed E-state index contributed by atoms with van der Waals surface area (Å²) in [4.78, 5) is 17.2. The van der Waals surface area contributed by atoms with Gasteiger partial charge in [-0.05, 0) is 55.7 Å². The standard InChI is InChI=1S/C21H26N4O3S/c1-14-5-7-19-17(12-14)22-20(23-29(19,27)28)21(26)25-10-8-24(9-11-25)18-13-15(2)4-6-16(18)3/h4-7,12-13,20,22-23H,8-11H2,1-3H3/t20-/m1/s1. The minimum atomic E-state index is -3.73. The van der Waals surface area contributed by atoms with Gasteiger partial charge in [-0.3, -0.25) is 4.79 Å². The zero-order valence-corrected chi connectivity index (χ0v) is 17.7. The van der Waals surface area contributed by atoms with Crippen LogP contribution in [0.5, 0.6) is 0 Å². The number of anilines is 2. The molecule has 0 saturated carbocycles. The third-order valence-electron chi connectivity index (χ3n) is 5.54. The van der Waals surface area contributed by atoms with E-state index in [2.05, 4.69) is 47.0 Å². The minimum Gasteiger partial charge on any atom is -0.368 e. The van der Waals surface area contributed by atoms with Crippen LogP contribution in [0.2, 0.25) is 0 Å². The van der Waals surface area contributed by atoms with E-state index >= 15 is 0 Å². The summed E-state index contributed by atoms with van der Waals surface area (Å²) >= 11 is 0. The van der Waals surface area contributed by atoms with Crippen LogP contribution in [0.15, 0.2) is 41.3 Å². The molecule has 0 spiro atoms. The van der Waals surface area contributed by atoms with Crippen molar-refractivity contribution in [2.45, 2.75) is 31.8 Å². The summed E-state index contributed by atoms with van der Waals surface area (Å²) in [5.74, 6) is -0.249. The number of piperazine rings is 1. The lowest BCUT2D eigenvalue weighted by Crippen LogP contribution is -2.58. The average molecular weight is 415 g/mol. The van der Waals surface area contributed by atoms with E-state index in [0.29, 0.717) is 31.9 Å². The molecule has 4 rings (SSSR count). The van der Waals surface area contributed by atoms with Gasteiger partial charge in [0.15, 0.2) is 6.17 Å². The molecule has 2 heterocycles. The third kappa shape index (κ3) is 3.82. The molecule has 8 heteroatoms. The molecule has 7 nitrogen and oxygen atoms in total. The van der Waals surface area contributed by atoms with Gasteiger partial charge in [-0.15, -0.1) is 0 Å². The lowest BCUT2D eigenvalue weighted by molar-refractivity contribution is -0.132. The summed E-state index contributed by atoms with van der Waals surface area (Å²) < 4.78 is 27.6. The van der Waals surface area contributed by atoms with Crippen molar-refractivity contribution in [2.75, 3.05) is 36.4 Å². The van der Waals surface area contributed by atoms with E-state index < -0.39 is 16.2 Å². The van der Waals surface area contributed by atoms with Crippen molar-refractivity contribution in [3.8, 4) is 0 Å². The molecule has 1 atom stereocenters. The number of carbonyl (C=O) groups excluding carboxylic acids is 1. The molecule has 2 aliphatic rings. The minimum absolute atomic E-state index is 0.173. The number of nitrogens with zero attached hydrogens (tertiary/aromatic N) is 2. The van der Waals surface area contributed by atoms with Gasteiger partial charge >= 0.3 is 0 Å². The van der Waals surface area contributed by atoms with Crippen LogP contribution in [0.1, 0.15) is 16.7 Å². The first kappa shape index (κ1) is 19.7. The average Bonchev–Trinajstić information content (AvgIpc) is 2.68. The fraction of sp³-hybridized carbons (Fsp3) is 0.381. The summed E-state index contributed by atoms with van der Waals surface area (Å²) in [5.41, 5.74) is 5.01. The largest absolute Gasteiger partial charge is 0.368 e. The van der Waals surface area contributed by atoms with Crippen LogP contribution in [0.25, 0.3) is 0 Å². The Kier molecular flexibility index (Phi) is 5.00. The number of sulfonamides is 1.